The van der Waals surface area contributed by atoms with Crippen molar-refractivity contribution in [2.24, 2.45) is 16.1 Å². The predicted molar refractivity (Wildman–Crippen MR) is 112 cm³/mol. The van der Waals surface area contributed by atoms with Crippen molar-refractivity contribution in [2.75, 3.05) is 19.6 Å². The van der Waals surface area contributed by atoms with Crippen LogP contribution in [-0.2, 0) is 16.0 Å². The summed E-state index contributed by atoms with van der Waals surface area (Å²) in [5.74, 6) is 1.12. The normalized spacial score (nSPS) is 22.5. The fourth-order valence-corrected chi connectivity index (χ4v) is 3.76. The van der Waals surface area contributed by atoms with E-state index in [1.54, 1.807) is 0 Å². The number of rotatable bonds is 9. The molecule has 2 aliphatic heterocycles. The standard InChI is InChI=1S/C21H27N7O3/c29-17(9-10-18-25-20(28-31-18)16-8-3-4-11-22-16)23-12-5-13-24-19-14-6-1-2-7-15(14)21(30)27-26-19/h1-2,6-7,15-16,22,24H,3-5,8-13H2,(H,23,29). The molecule has 3 N–H and O–H groups in total. The number of fused-ring (bicyclic) bond motifs is 1. The van der Waals surface area contributed by atoms with Gasteiger partial charge in [0.25, 0.3) is 5.91 Å². The Bertz CT molecular complexity index is 925. The van der Waals surface area contributed by atoms with Gasteiger partial charge in [0.2, 0.25) is 11.8 Å². The molecule has 2 amide bonds. The molecule has 2 unspecified atom stereocenters. The first kappa shape index (κ1) is 21.1. The second-order valence-corrected chi connectivity index (χ2v) is 7.74. The van der Waals surface area contributed by atoms with Gasteiger partial charge in [0.15, 0.2) is 11.6 Å². The van der Waals surface area contributed by atoms with Crippen molar-refractivity contribution < 1.29 is 14.1 Å². The number of piperidine rings is 1. The SMILES string of the molecule is O=C(CCc1nc(C2CCCCN2)no1)NCCCNC1=C2C=CC=CC2C(=O)N=N1. The maximum Gasteiger partial charge on any atom is 0.276 e. The highest BCUT2D eigenvalue weighted by Crippen LogP contribution is 2.27. The zero-order valence-electron chi connectivity index (χ0n) is 17.3. The van der Waals surface area contributed by atoms with Crippen LogP contribution in [0.5, 0.6) is 0 Å². The molecule has 0 radical (unpaired) electrons. The average molecular weight is 425 g/mol. The molecule has 0 saturated carbocycles. The molecule has 3 heterocycles. The lowest BCUT2D eigenvalue weighted by molar-refractivity contribution is -0.121. The van der Waals surface area contributed by atoms with Crippen molar-refractivity contribution in [1.82, 2.24) is 26.1 Å². The van der Waals surface area contributed by atoms with Crippen LogP contribution in [0.15, 0.2) is 50.4 Å². The molecule has 0 bridgehead atoms. The van der Waals surface area contributed by atoms with Gasteiger partial charge >= 0.3 is 0 Å². The molecule has 0 aromatic carbocycles. The Morgan fingerprint density at radius 2 is 2.16 bits per heavy atom. The minimum atomic E-state index is -0.358. The number of nitrogens with zero attached hydrogens (tertiary/aromatic N) is 4. The van der Waals surface area contributed by atoms with E-state index in [1.807, 2.05) is 24.3 Å². The monoisotopic (exact) mass is 425 g/mol. The molecule has 1 saturated heterocycles. The molecule has 4 rings (SSSR count). The Kier molecular flexibility index (Phi) is 6.98. The third-order valence-electron chi connectivity index (χ3n) is 5.45. The van der Waals surface area contributed by atoms with Gasteiger partial charge in [-0.05, 0) is 25.8 Å². The first-order valence-corrected chi connectivity index (χ1v) is 10.8. The van der Waals surface area contributed by atoms with Crippen LogP contribution in [-0.4, -0.2) is 41.6 Å². The minimum Gasteiger partial charge on any atom is -0.368 e. The third-order valence-corrected chi connectivity index (χ3v) is 5.45. The van der Waals surface area contributed by atoms with Crippen LogP contribution in [0.1, 0.15) is 49.9 Å². The van der Waals surface area contributed by atoms with Gasteiger partial charge in [0.05, 0.1) is 12.0 Å². The quantitative estimate of drug-likeness (QED) is 0.514. The van der Waals surface area contributed by atoms with E-state index in [0.717, 1.165) is 25.0 Å². The Morgan fingerprint density at radius 1 is 1.23 bits per heavy atom. The Balaban J connectivity index is 1.13. The number of hydrogen-bond acceptors (Lipinski definition) is 8. The number of aromatic nitrogens is 2. The van der Waals surface area contributed by atoms with Crippen molar-refractivity contribution in [3.63, 3.8) is 0 Å². The predicted octanol–water partition coefficient (Wildman–Crippen LogP) is 1.86. The fraction of sp³-hybridized carbons (Fsp3) is 0.524. The average Bonchev–Trinajstić information content (AvgIpc) is 3.29. The summed E-state index contributed by atoms with van der Waals surface area (Å²) in [6.07, 6.45) is 12.2. The van der Waals surface area contributed by atoms with Crippen molar-refractivity contribution in [3.8, 4) is 0 Å². The van der Waals surface area contributed by atoms with Crippen LogP contribution >= 0.6 is 0 Å². The van der Waals surface area contributed by atoms with Crippen molar-refractivity contribution >= 4 is 11.8 Å². The van der Waals surface area contributed by atoms with Crippen LogP contribution in [0.3, 0.4) is 0 Å². The molecule has 1 fully saturated rings. The van der Waals surface area contributed by atoms with Crippen LogP contribution in [0, 0.1) is 5.92 Å². The van der Waals surface area contributed by atoms with Crippen LogP contribution in [0.2, 0.25) is 0 Å². The molecule has 1 aliphatic carbocycles. The molecule has 1 aromatic heterocycles. The first-order valence-electron chi connectivity index (χ1n) is 10.8. The highest BCUT2D eigenvalue weighted by atomic mass is 16.5. The van der Waals surface area contributed by atoms with E-state index in [1.165, 1.54) is 6.42 Å². The lowest BCUT2D eigenvalue weighted by atomic mass is 9.93. The van der Waals surface area contributed by atoms with Gasteiger partial charge in [-0.25, -0.2) is 0 Å². The first-order chi connectivity index (χ1) is 15.2. The highest BCUT2D eigenvalue weighted by Gasteiger charge is 2.27. The van der Waals surface area contributed by atoms with E-state index in [0.29, 0.717) is 49.9 Å². The van der Waals surface area contributed by atoms with Crippen LogP contribution in [0.4, 0.5) is 0 Å². The zero-order chi connectivity index (χ0) is 21.5. The van der Waals surface area contributed by atoms with Crippen molar-refractivity contribution in [3.05, 3.63) is 47.4 Å². The van der Waals surface area contributed by atoms with Gasteiger partial charge in [-0.2, -0.15) is 4.98 Å². The topological polar surface area (TPSA) is 134 Å². The van der Waals surface area contributed by atoms with Gasteiger partial charge in [-0.3, -0.25) is 9.59 Å². The summed E-state index contributed by atoms with van der Waals surface area (Å²) in [6.45, 7) is 2.11. The lowest BCUT2D eigenvalue weighted by Gasteiger charge is -2.20. The third kappa shape index (κ3) is 5.52. The van der Waals surface area contributed by atoms with E-state index in [-0.39, 0.29) is 23.8 Å². The lowest BCUT2D eigenvalue weighted by Crippen LogP contribution is -2.29. The molecule has 164 valence electrons. The smallest absolute Gasteiger partial charge is 0.276 e. The molecule has 10 heteroatoms. The molecule has 0 spiro atoms. The van der Waals surface area contributed by atoms with Gasteiger partial charge < -0.3 is 20.5 Å². The summed E-state index contributed by atoms with van der Waals surface area (Å²) >= 11 is 0. The van der Waals surface area contributed by atoms with E-state index in [9.17, 15) is 9.59 Å². The Hall–Kier alpha value is -3.14. The summed E-state index contributed by atoms with van der Waals surface area (Å²) in [6, 6.07) is 0.154. The molecule has 2 atom stereocenters. The fourth-order valence-electron chi connectivity index (χ4n) is 3.76. The Labute approximate surface area is 180 Å². The maximum absolute atomic E-state index is 12.1. The number of amides is 2. The van der Waals surface area contributed by atoms with Crippen LogP contribution in [0.25, 0.3) is 0 Å². The maximum atomic E-state index is 12.1. The summed E-state index contributed by atoms with van der Waals surface area (Å²) < 4.78 is 5.28. The number of hydrogen-bond donors (Lipinski definition) is 3. The number of nitrogens with one attached hydrogen (secondary N) is 3. The van der Waals surface area contributed by atoms with Crippen molar-refractivity contribution in [1.29, 1.82) is 0 Å². The summed E-state index contributed by atoms with van der Waals surface area (Å²) in [7, 11) is 0. The summed E-state index contributed by atoms with van der Waals surface area (Å²) in [5, 5.41) is 21.2. The van der Waals surface area contributed by atoms with Gasteiger partial charge in [0.1, 0.15) is 0 Å². The second kappa shape index (κ2) is 10.3. The molecule has 3 aliphatic rings. The molecule has 10 nitrogen and oxygen atoms in total. The van der Waals surface area contributed by atoms with E-state index in [4.69, 9.17) is 4.52 Å². The molecule has 31 heavy (non-hydrogen) atoms. The van der Waals surface area contributed by atoms with Gasteiger partial charge in [0, 0.05) is 31.5 Å². The van der Waals surface area contributed by atoms with Crippen molar-refractivity contribution in [2.45, 2.75) is 44.6 Å². The summed E-state index contributed by atoms with van der Waals surface area (Å²) in [4.78, 5) is 28.3. The number of carbonyl (C=O) groups is 2. The number of allylic oxidation sites excluding steroid dienone is 3. The molecular formula is C21H27N7O3. The number of azo groups is 1. The largest absolute Gasteiger partial charge is 0.368 e. The molecular weight excluding hydrogens is 398 g/mol. The van der Waals surface area contributed by atoms with Crippen LogP contribution < -0.4 is 16.0 Å². The number of aryl methyl sites for hydroxylation is 1. The van der Waals surface area contributed by atoms with Gasteiger partial charge in [-0.15, -0.1) is 10.2 Å². The number of carbonyl (C=O) groups excluding carboxylic acids is 2. The second-order valence-electron chi connectivity index (χ2n) is 7.74. The zero-order valence-corrected chi connectivity index (χ0v) is 17.3. The van der Waals surface area contributed by atoms with Gasteiger partial charge in [-0.1, -0.05) is 35.9 Å². The summed E-state index contributed by atoms with van der Waals surface area (Å²) in [5.41, 5.74) is 0.828. The minimum absolute atomic E-state index is 0.0547. The van der Waals surface area contributed by atoms with E-state index < -0.39 is 0 Å². The van der Waals surface area contributed by atoms with E-state index >= 15 is 0 Å². The van der Waals surface area contributed by atoms with E-state index in [2.05, 4.69) is 36.3 Å². The Morgan fingerprint density at radius 3 is 3.03 bits per heavy atom. The highest BCUT2D eigenvalue weighted by molar-refractivity contribution is 5.86. The molecule has 1 aromatic rings.